The van der Waals surface area contributed by atoms with Crippen molar-refractivity contribution in [3.05, 3.63) is 90.1 Å². The minimum atomic E-state index is -1.06. The van der Waals surface area contributed by atoms with Crippen molar-refractivity contribution in [3.63, 3.8) is 0 Å². The molecule has 4 aromatic rings. The second-order valence-corrected chi connectivity index (χ2v) is 6.15. The number of carboxylic acid groups (broad SMARTS) is 1. The molecule has 0 amide bonds. The van der Waals surface area contributed by atoms with Crippen LogP contribution in [-0.2, 0) is 0 Å². The molecule has 27 heavy (non-hydrogen) atoms. The van der Waals surface area contributed by atoms with Crippen LogP contribution >= 0.6 is 0 Å². The molecule has 0 saturated heterocycles. The highest BCUT2D eigenvalue weighted by atomic mass is 16.4. The van der Waals surface area contributed by atoms with Crippen LogP contribution in [0.25, 0.3) is 28.3 Å². The Morgan fingerprint density at radius 3 is 2.11 bits per heavy atom. The molecule has 1 N–H and O–H groups in total. The van der Waals surface area contributed by atoms with Crippen molar-refractivity contribution in [1.29, 1.82) is 0 Å². The maximum absolute atomic E-state index is 11.3. The molecule has 0 bridgehead atoms. The van der Waals surface area contributed by atoms with Crippen molar-refractivity contribution in [2.75, 3.05) is 0 Å². The third-order valence-corrected chi connectivity index (χ3v) is 4.39. The van der Waals surface area contributed by atoms with Crippen LogP contribution in [0.2, 0.25) is 0 Å². The molecule has 0 saturated carbocycles. The third kappa shape index (κ3) is 3.11. The van der Waals surface area contributed by atoms with Crippen molar-refractivity contribution in [1.82, 2.24) is 14.8 Å². The Hall–Kier alpha value is -3.73. The number of aromatic carboxylic acids is 1. The van der Waals surface area contributed by atoms with Crippen LogP contribution in [0.15, 0.2) is 78.9 Å². The summed E-state index contributed by atoms with van der Waals surface area (Å²) in [6.45, 7) is 2.02. The third-order valence-electron chi connectivity index (χ3n) is 4.39. The fourth-order valence-corrected chi connectivity index (χ4v) is 3.13. The fraction of sp³-hybridized carbons (Fsp3) is 0.0455. The number of aromatic nitrogens is 3. The number of carboxylic acids is 1. The molecule has 0 aliphatic heterocycles. The summed E-state index contributed by atoms with van der Waals surface area (Å²) < 4.78 is 1.72. The first-order valence-electron chi connectivity index (χ1n) is 8.56. The Balaban J connectivity index is 1.98. The summed E-state index contributed by atoms with van der Waals surface area (Å²) in [7, 11) is 0. The zero-order chi connectivity index (χ0) is 18.8. The fourth-order valence-electron chi connectivity index (χ4n) is 3.13. The van der Waals surface area contributed by atoms with Crippen LogP contribution in [0.4, 0.5) is 0 Å². The topological polar surface area (TPSA) is 68.0 Å². The summed E-state index contributed by atoms with van der Waals surface area (Å²) >= 11 is 0. The van der Waals surface area contributed by atoms with Gasteiger partial charge in [0.2, 0.25) is 0 Å². The highest BCUT2D eigenvalue weighted by molar-refractivity contribution is 5.85. The minimum Gasteiger partial charge on any atom is -0.477 e. The number of hydrogen-bond donors (Lipinski definition) is 1. The molecule has 0 aliphatic rings. The molecule has 0 unspecified atom stereocenters. The average molecular weight is 355 g/mol. The Kier molecular flexibility index (Phi) is 4.26. The van der Waals surface area contributed by atoms with Crippen LogP contribution in [-0.4, -0.2) is 25.8 Å². The molecule has 5 nitrogen and oxygen atoms in total. The molecule has 2 aromatic carbocycles. The Labute approximate surface area is 156 Å². The van der Waals surface area contributed by atoms with Gasteiger partial charge < -0.3 is 5.11 Å². The molecule has 132 valence electrons. The van der Waals surface area contributed by atoms with Crippen LogP contribution in [0.5, 0.6) is 0 Å². The lowest BCUT2D eigenvalue weighted by atomic mass is 10.0. The maximum atomic E-state index is 11.3. The predicted octanol–water partition coefficient (Wildman–Crippen LogP) is 4.61. The van der Waals surface area contributed by atoms with E-state index >= 15 is 0 Å². The van der Waals surface area contributed by atoms with E-state index in [1.165, 1.54) is 6.07 Å². The van der Waals surface area contributed by atoms with Gasteiger partial charge in [-0.1, -0.05) is 66.7 Å². The second-order valence-electron chi connectivity index (χ2n) is 6.15. The first kappa shape index (κ1) is 16.7. The number of hydrogen-bond acceptors (Lipinski definition) is 3. The molecule has 0 radical (unpaired) electrons. The van der Waals surface area contributed by atoms with Gasteiger partial charge in [0, 0.05) is 16.7 Å². The van der Waals surface area contributed by atoms with Crippen molar-refractivity contribution < 1.29 is 9.90 Å². The zero-order valence-corrected chi connectivity index (χ0v) is 14.7. The highest BCUT2D eigenvalue weighted by Gasteiger charge is 2.19. The van der Waals surface area contributed by atoms with E-state index in [1.54, 1.807) is 16.8 Å². The standard InChI is InChI=1S/C22H17N3O2/c1-15-20(16-9-4-2-5-10-16)24-25(21(15)17-11-6-3-7-12-17)19-14-8-13-18(23-19)22(26)27/h2-14H,1H3,(H,26,27). The molecular weight excluding hydrogens is 338 g/mol. The van der Waals surface area contributed by atoms with E-state index in [1.807, 2.05) is 67.6 Å². The minimum absolute atomic E-state index is 0.0130. The lowest BCUT2D eigenvalue weighted by molar-refractivity contribution is 0.0690. The number of nitrogens with zero attached hydrogens (tertiary/aromatic N) is 3. The van der Waals surface area contributed by atoms with Gasteiger partial charge in [-0.25, -0.2) is 14.5 Å². The summed E-state index contributed by atoms with van der Waals surface area (Å²) in [5, 5.41) is 14.1. The van der Waals surface area contributed by atoms with E-state index < -0.39 is 5.97 Å². The number of carbonyl (C=O) groups is 1. The van der Waals surface area contributed by atoms with Crippen LogP contribution in [0.3, 0.4) is 0 Å². The van der Waals surface area contributed by atoms with E-state index in [2.05, 4.69) is 4.98 Å². The summed E-state index contributed by atoms with van der Waals surface area (Å²) in [4.78, 5) is 15.6. The molecule has 0 aliphatic carbocycles. The van der Waals surface area contributed by atoms with E-state index in [-0.39, 0.29) is 5.69 Å². The Bertz CT molecular complexity index is 1100. The van der Waals surface area contributed by atoms with Gasteiger partial charge in [-0.15, -0.1) is 0 Å². The molecule has 2 heterocycles. The van der Waals surface area contributed by atoms with Crippen LogP contribution in [0.1, 0.15) is 16.1 Å². The zero-order valence-electron chi connectivity index (χ0n) is 14.7. The van der Waals surface area contributed by atoms with Gasteiger partial charge in [-0.3, -0.25) is 0 Å². The lowest BCUT2D eigenvalue weighted by Gasteiger charge is -2.08. The second kappa shape index (κ2) is 6.88. The van der Waals surface area contributed by atoms with Gasteiger partial charge >= 0.3 is 5.97 Å². The van der Waals surface area contributed by atoms with Gasteiger partial charge in [0.1, 0.15) is 0 Å². The first-order chi connectivity index (χ1) is 13.1. The van der Waals surface area contributed by atoms with E-state index in [0.29, 0.717) is 5.82 Å². The molecule has 4 rings (SSSR count). The molecule has 0 atom stereocenters. The smallest absolute Gasteiger partial charge is 0.354 e. The van der Waals surface area contributed by atoms with Crippen LogP contribution < -0.4 is 0 Å². The summed E-state index contributed by atoms with van der Waals surface area (Å²) in [5.74, 6) is -0.593. The van der Waals surface area contributed by atoms with Crippen LogP contribution in [0, 0.1) is 6.92 Å². The summed E-state index contributed by atoms with van der Waals surface area (Å²) in [6, 6.07) is 24.8. The van der Waals surface area contributed by atoms with Gasteiger partial charge in [-0.2, -0.15) is 5.10 Å². The van der Waals surface area contributed by atoms with E-state index in [4.69, 9.17) is 5.10 Å². The molecular formula is C22H17N3O2. The molecule has 0 fully saturated rings. The van der Waals surface area contributed by atoms with Gasteiger partial charge in [0.05, 0.1) is 11.4 Å². The Morgan fingerprint density at radius 2 is 1.48 bits per heavy atom. The van der Waals surface area contributed by atoms with Crippen molar-refractivity contribution >= 4 is 5.97 Å². The highest BCUT2D eigenvalue weighted by Crippen LogP contribution is 2.33. The van der Waals surface area contributed by atoms with Crippen molar-refractivity contribution in [3.8, 4) is 28.3 Å². The maximum Gasteiger partial charge on any atom is 0.354 e. The average Bonchev–Trinajstić information content (AvgIpc) is 3.06. The normalized spacial score (nSPS) is 10.7. The largest absolute Gasteiger partial charge is 0.477 e. The van der Waals surface area contributed by atoms with Gasteiger partial charge in [-0.05, 0) is 19.1 Å². The SMILES string of the molecule is Cc1c(-c2ccccc2)nn(-c2cccc(C(=O)O)n2)c1-c1ccccc1. The quantitative estimate of drug-likeness (QED) is 0.580. The summed E-state index contributed by atoms with van der Waals surface area (Å²) in [6.07, 6.45) is 0. The van der Waals surface area contributed by atoms with Gasteiger partial charge in [0.25, 0.3) is 0 Å². The molecule has 2 aromatic heterocycles. The monoisotopic (exact) mass is 355 g/mol. The van der Waals surface area contributed by atoms with Crippen molar-refractivity contribution in [2.24, 2.45) is 0 Å². The lowest BCUT2D eigenvalue weighted by Crippen LogP contribution is -2.07. The van der Waals surface area contributed by atoms with E-state index in [9.17, 15) is 9.90 Å². The molecule has 0 spiro atoms. The van der Waals surface area contributed by atoms with Crippen molar-refractivity contribution in [2.45, 2.75) is 6.92 Å². The first-order valence-corrected chi connectivity index (χ1v) is 8.56. The molecule has 5 heteroatoms. The number of rotatable bonds is 4. The Morgan fingerprint density at radius 1 is 0.852 bits per heavy atom. The number of pyridine rings is 1. The van der Waals surface area contributed by atoms with Gasteiger partial charge in [0.15, 0.2) is 11.5 Å². The summed E-state index contributed by atoms with van der Waals surface area (Å²) in [5.41, 5.74) is 4.73. The predicted molar refractivity (Wildman–Crippen MR) is 104 cm³/mol. The number of benzene rings is 2. The van der Waals surface area contributed by atoms with E-state index in [0.717, 1.165) is 28.1 Å².